The summed E-state index contributed by atoms with van der Waals surface area (Å²) < 4.78 is 1.89. The van der Waals surface area contributed by atoms with Crippen LogP contribution in [0, 0.1) is 0 Å². The van der Waals surface area contributed by atoms with Crippen LogP contribution >= 0.6 is 0 Å². The Morgan fingerprint density at radius 1 is 1.11 bits per heavy atom. The van der Waals surface area contributed by atoms with Gasteiger partial charge in [-0.15, -0.1) is 15.3 Å². The maximum Gasteiger partial charge on any atom is 0.178 e. The van der Waals surface area contributed by atoms with Crippen molar-refractivity contribution in [3.63, 3.8) is 0 Å². The summed E-state index contributed by atoms with van der Waals surface area (Å²) in [6.07, 6.45) is 9.02. The molecule has 4 rings (SSSR count). The third kappa shape index (κ3) is 1.66. The first-order valence-electron chi connectivity index (χ1n) is 6.54. The van der Waals surface area contributed by atoms with Gasteiger partial charge >= 0.3 is 0 Å². The van der Waals surface area contributed by atoms with Gasteiger partial charge in [-0.25, -0.2) is 0 Å². The average molecular weight is 241 g/mol. The molecule has 5 nitrogen and oxygen atoms in total. The summed E-state index contributed by atoms with van der Waals surface area (Å²) in [6.45, 7) is 0. The summed E-state index contributed by atoms with van der Waals surface area (Å²) in [5, 5.41) is 16.5. The Hall–Kier alpha value is -1.91. The van der Waals surface area contributed by atoms with Crippen molar-refractivity contribution in [2.45, 2.75) is 37.6 Å². The molecule has 1 fully saturated rings. The van der Waals surface area contributed by atoms with E-state index in [9.17, 15) is 0 Å². The zero-order valence-electron chi connectivity index (χ0n) is 10.1. The highest BCUT2D eigenvalue weighted by molar-refractivity contribution is 5.45. The fourth-order valence-corrected chi connectivity index (χ4v) is 2.42. The van der Waals surface area contributed by atoms with Crippen molar-refractivity contribution in [1.82, 2.24) is 19.8 Å². The van der Waals surface area contributed by atoms with E-state index in [0.29, 0.717) is 12.0 Å². The normalized spacial score (nSPS) is 19.8. The molecule has 0 amide bonds. The zero-order valence-corrected chi connectivity index (χ0v) is 10.1. The molecular formula is C13H15N5. The van der Waals surface area contributed by atoms with Crippen LogP contribution in [0.4, 0.5) is 5.82 Å². The number of hydrogen-bond acceptors (Lipinski definition) is 4. The number of hydrogen-bond donors (Lipinski definition) is 1. The second kappa shape index (κ2) is 3.80. The highest BCUT2D eigenvalue weighted by Crippen LogP contribution is 2.38. The number of rotatable bonds is 3. The molecule has 1 saturated carbocycles. The van der Waals surface area contributed by atoms with Crippen molar-refractivity contribution >= 4 is 11.5 Å². The molecule has 0 aliphatic heterocycles. The molecular weight excluding hydrogens is 226 g/mol. The van der Waals surface area contributed by atoms with E-state index < -0.39 is 0 Å². The van der Waals surface area contributed by atoms with Gasteiger partial charge in [0.25, 0.3) is 0 Å². The first-order valence-corrected chi connectivity index (χ1v) is 6.54. The van der Waals surface area contributed by atoms with Crippen LogP contribution in [0.25, 0.3) is 5.65 Å². The van der Waals surface area contributed by atoms with E-state index in [0.717, 1.165) is 30.1 Å². The molecule has 2 heterocycles. The van der Waals surface area contributed by atoms with E-state index in [1.165, 1.54) is 12.8 Å². The fourth-order valence-electron chi connectivity index (χ4n) is 2.42. The minimum absolute atomic E-state index is 0.482. The summed E-state index contributed by atoms with van der Waals surface area (Å²) in [4.78, 5) is 0. The summed E-state index contributed by atoms with van der Waals surface area (Å²) in [6, 6.07) is 4.45. The predicted octanol–water partition coefficient (Wildman–Crippen LogP) is 2.13. The summed E-state index contributed by atoms with van der Waals surface area (Å²) >= 11 is 0. The van der Waals surface area contributed by atoms with Crippen molar-refractivity contribution in [1.29, 1.82) is 0 Å². The summed E-state index contributed by atoms with van der Waals surface area (Å²) in [7, 11) is 0. The van der Waals surface area contributed by atoms with E-state index in [1.807, 2.05) is 16.6 Å². The van der Waals surface area contributed by atoms with Crippen LogP contribution in [0.3, 0.4) is 0 Å². The van der Waals surface area contributed by atoms with Crippen LogP contribution in [0.15, 0.2) is 24.3 Å². The summed E-state index contributed by atoms with van der Waals surface area (Å²) in [5.41, 5.74) is 0.840. The van der Waals surface area contributed by atoms with E-state index in [2.05, 4.69) is 32.8 Å². The SMILES string of the molecule is C1=CCC(Nc2ccc3nnc(C4CC4)n3n2)C1. The molecule has 0 atom stereocenters. The zero-order chi connectivity index (χ0) is 11.9. The van der Waals surface area contributed by atoms with Crippen LogP contribution < -0.4 is 5.32 Å². The van der Waals surface area contributed by atoms with Crippen LogP contribution in [-0.2, 0) is 0 Å². The van der Waals surface area contributed by atoms with Crippen LogP contribution in [0.5, 0.6) is 0 Å². The highest BCUT2D eigenvalue weighted by Gasteiger charge is 2.29. The molecule has 0 unspecified atom stereocenters. The number of fused-ring (bicyclic) bond motifs is 1. The van der Waals surface area contributed by atoms with Crippen molar-refractivity contribution in [3.8, 4) is 0 Å². The Morgan fingerprint density at radius 2 is 1.94 bits per heavy atom. The van der Waals surface area contributed by atoms with E-state index in [1.54, 1.807) is 0 Å². The van der Waals surface area contributed by atoms with Gasteiger partial charge in [-0.1, -0.05) is 12.2 Å². The van der Waals surface area contributed by atoms with Gasteiger partial charge in [-0.05, 0) is 37.8 Å². The second-order valence-electron chi connectivity index (χ2n) is 5.11. The molecule has 2 aliphatic carbocycles. The lowest BCUT2D eigenvalue weighted by Gasteiger charge is -2.12. The molecule has 0 spiro atoms. The van der Waals surface area contributed by atoms with Gasteiger partial charge in [0.15, 0.2) is 11.5 Å². The molecule has 2 aromatic rings. The Kier molecular flexibility index (Phi) is 2.12. The van der Waals surface area contributed by atoms with Crippen LogP contribution in [0.1, 0.15) is 37.4 Å². The quantitative estimate of drug-likeness (QED) is 0.836. The smallest absolute Gasteiger partial charge is 0.178 e. The lowest BCUT2D eigenvalue weighted by molar-refractivity contribution is 0.759. The first kappa shape index (κ1) is 10.1. The predicted molar refractivity (Wildman–Crippen MR) is 68.5 cm³/mol. The van der Waals surface area contributed by atoms with Gasteiger partial charge < -0.3 is 5.32 Å². The van der Waals surface area contributed by atoms with Crippen molar-refractivity contribution < 1.29 is 0 Å². The second-order valence-corrected chi connectivity index (χ2v) is 5.11. The minimum atomic E-state index is 0.482. The molecule has 92 valence electrons. The van der Waals surface area contributed by atoms with Gasteiger partial charge in [0.2, 0.25) is 0 Å². The standard InChI is InChI=1S/C13H15N5/c1-2-4-10(3-1)14-11-7-8-12-15-16-13(9-5-6-9)18(12)17-11/h1-2,7-10H,3-6H2,(H,14,17). The van der Waals surface area contributed by atoms with Gasteiger partial charge in [-0.3, -0.25) is 0 Å². The third-order valence-electron chi connectivity index (χ3n) is 3.59. The molecule has 0 saturated heterocycles. The Balaban J connectivity index is 1.66. The van der Waals surface area contributed by atoms with E-state index >= 15 is 0 Å². The minimum Gasteiger partial charge on any atom is -0.365 e. The lowest BCUT2D eigenvalue weighted by Crippen LogP contribution is -2.17. The van der Waals surface area contributed by atoms with Gasteiger partial charge in [-0.2, -0.15) is 4.52 Å². The Labute approximate surface area is 105 Å². The number of anilines is 1. The van der Waals surface area contributed by atoms with Gasteiger partial charge in [0, 0.05) is 12.0 Å². The maximum atomic E-state index is 4.61. The Bertz CT molecular complexity index is 603. The lowest BCUT2D eigenvalue weighted by atomic mass is 10.2. The van der Waals surface area contributed by atoms with Crippen molar-refractivity contribution in [2.75, 3.05) is 5.32 Å². The molecule has 2 aromatic heterocycles. The van der Waals surface area contributed by atoms with Crippen molar-refractivity contribution in [3.05, 3.63) is 30.1 Å². The van der Waals surface area contributed by atoms with Crippen LogP contribution in [-0.4, -0.2) is 25.9 Å². The van der Waals surface area contributed by atoms with Gasteiger partial charge in [0.05, 0.1) is 0 Å². The number of nitrogens with one attached hydrogen (secondary N) is 1. The largest absolute Gasteiger partial charge is 0.365 e. The molecule has 5 heteroatoms. The highest BCUT2D eigenvalue weighted by atomic mass is 15.4. The molecule has 18 heavy (non-hydrogen) atoms. The fraction of sp³-hybridized carbons (Fsp3) is 0.462. The first-order chi connectivity index (χ1) is 8.90. The molecule has 2 aliphatic rings. The molecule has 0 aromatic carbocycles. The molecule has 0 bridgehead atoms. The molecule has 0 radical (unpaired) electrons. The van der Waals surface area contributed by atoms with E-state index in [-0.39, 0.29) is 0 Å². The summed E-state index contributed by atoms with van der Waals surface area (Å²) in [5.74, 6) is 2.49. The van der Waals surface area contributed by atoms with Crippen LogP contribution in [0.2, 0.25) is 0 Å². The molecule has 1 N–H and O–H groups in total. The monoisotopic (exact) mass is 241 g/mol. The Morgan fingerprint density at radius 3 is 2.72 bits per heavy atom. The van der Waals surface area contributed by atoms with Crippen molar-refractivity contribution in [2.24, 2.45) is 0 Å². The number of nitrogens with zero attached hydrogens (tertiary/aromatic N) is 4. The third-order valence-corrected chi connectivity index (χ3v) is 3.59. The van der Waals surface area contributed by atoms with E-state index in [4.69, 9.17) is 0 Å². The van der Waals surface area contributed by atoms with Gasteiger partial charge in [0.1, 0.15) is 5.82 Å². The number of aromatic nitrogens is 4. The average Bonchev–Trinajstić information content (AvgIpc) is 2.94. The maximum absolute atomic E-state index is 4.61. The topological polar surface area (TPSA) is 55.1 Å².